The molecule has 0 atom stereocenters. The lowest BCUT2D eigenvalue weighted by Crippen LogP contribution is -2.25. The van der Waals surface area contributed by atoms with Crippen LogP contribution in [0.2, 0.25) is 4.34 Å². The molecule has 21 heavy (non-hydrogen) atoms. The fraction of sp³-hybridized carbons (Fsp3) is 0.333. The Morgan fingerprint density at radius 2 is 2.19 bits per heavy atom. The van der Waals surface area contributed by atoms with Gasteiger partial charge in [-0.05, 0) is 37.1 Å². The topological polar surface area (TPSA) is 54.0 Å². The number of rotatable bonds is 6. The lowest BCUT2D eigenvalue weighted by Gasteiger charge is -2.08. The smallest absolute Gasteiger partial charge is 0.251 e. The highest BCUT2D eigenvalue weighted by Gasteiger charge is 2.09. The molecule has 4 nitrogen and oxygen atoms in total. The zero-order valence-electron chi connectivity index (χ0n) is 12.1. The fourth-order valence-corrected chi connectivity index (χ4v) is 3.00. The molecule has 2 N–H and O–H groups in total. The Morgan fingerprint density at radius 3 is 2.81 bits per heavy atom. The van der Waals surface area contributed by atoms with Gasteiger partial charge in [0.15, 0.2) is 0 Å². The number of nitrogens with one attached hydrogen (secondary N) is 2. The minimum atomic E-state index is -0.0775. The lowest BCUT2D eigenvalue weighted by molar-refractivity contribution is 0.0954. The Labute approximate surface area is 133 Å². The van der Waals surface area contributed by atoms with Crippen LogP contribution in [-0.2, 0) is 12.8 Å². The first-order chi connectivity index (χ1) is 10.1. The van der Waals surface area contributed by atoms with Gasteiger partial charge < -0.3 is 10.6 Å². The van der Waals surface area contributed by atoms with Crippen molar-refractivity contribution in [2.75, 3.05) is 18.9 Å². The highest BCUT2D eigenvalue weighted by molar-refractivity contribution is 7.16. The molecule has 0 radical (unpaired) electrons. The number of nitrogens with zero attached hydrogens (tertiary/aromatic N) is 1. The van der Waals surface area contributed by atoms with Gasteiger partial charge >= 0.3 is 0 Å². The lowest BCUT2D eigenvalue weighted by atomic mass is 10.2. The van der Waals surface area contributed by atoms with Crippen LogP contribution in [0.4, 0.5) is 5.82 Å². The molecule has 1 amide bonds. The van der Waals surface area contributed by atoms with Crippen molar-refractivity contribution >= 4 is 34.7 Å². The van der Waals surface area contributed by atoms with Crippen molar-refractivity contribution in [1.29, 1.82) is 0 Å². The van der Waals surface area contributed by atoms with E-state index >= 15 is 0 Å². The van der Waals surface area contributed by atoms with E-state index in [0.29, 0.717) is 17.9 Å². The second-order valence-corrected chi connectivity index (χ2v) is 6.35. The summed E-state index contributed by atoms with van der Waals surface area (Å²) in [6.07, 6.45) is 1.58. The van der Waals surface area contributed by atoms with Crippen LogP contribution in [0.1, 0.15) is 27.9 Å². The molecule has 0 bridgehead atoms. The number of aryl methyl sites for hydroxylation is 1. The minimum absolute atomic E-state index is 0.0775. The van der Waals surface area contributed by atoms with Crippen molar-refractivity contribution < 1.29 is 4.79 Å². The number of hydrogen-bond donors (Lipinski definition) is 2. The molecule has 2 heterocycles. The number of pyridine rings is 1. The standard InChI is InChI=1S/C15H18ClN3OS/c1-3-11-8-10(9-14(17-2)19-11)15(20)18-7-6-12-4-5-13(16)21-12/h4-5,8-9H,3,6-7H2,1-2H3,(H,17,19)(H,18,20). The molecule has 2 aromatic rings. The average molecular weight is 324 g/mol. The van der Waals surface area contributed by atoms with Gasteiger partial charge in [0.1, 0.15) is 5.82 Å². The molecule has 0 aliphatic rings. The number of hydrogen-bond acceptors (Lipinski definition) is 4. The Kier molecular flexibility index (Phi) is 5.59. The summed E-state index contributed by atoms with van der Waals surface area (Å²) >= 11 is 7.42. The van der Waals surface area contributed by atoms with Crippen molar-refractivity contribution in [2.45, 2.75) is 19.8 Å². The number of anilines is 1. The predicted molar refractivity (Wildman–Crippen MR) is 88.5 cm³/mol. The summed E-state index contributed by atoms with van der Waals surface area (Å²) in [5, 5.41) is 5.91. The highest BCUT2D eigenvalue weighted by atomic mass is 35.5. The van der Waals surface area contributed by atoms with E-state index in [1.54, 1.807) is 24.5 Å². The fourth-order valence-electron chi connectivity index (χ4n) is 1.92. The van der Waals surface area contributed by atoms with Crippen molar-refractivity contribution in [3.63, 3.8) is 0 Å². The van der Waals surface area contributed by atoms with Gasteiger partial charge in [0.25, 0.3) is 5.91 Å². The van der Waals surface area contributed by atoms with Crippen LogP contribution in [0.25, 0.3) is 0 Å². The number of amides is 1. The molecule has 2 rings (SSSR count). The summed E-state index contributed by atoms with van der Waals surface area (Å²) in [4.78, 5) is 17.7. The normalized spacial score (nSPS) is 10.4. The number of halogens is 1. The summed E-state index contributed by atoms with van der Waals surface area (Å²) in [6.45, 7) is 2.61. The molecule has 0 aliphatic carbocycles. The number of carbonyl (C=O) groups excluding carboxylic acids is 1. The first-order valence-electron chi connectivity index (χ1n) is 6.83. The summed E-state index contributed by atoms with van der Waals surface area (Å²) in [6, 6.07) is 7.45. The molecule has 0 aliphatic heterocycles. The van der Waals surface area contributed by atoms with Crippen molar-refractivity contribution in [3.05, 3.63) is 44.7 Å². The van der Waals surface area contributed by atoms with Gasteiger partial charge in [0.2, 0.25) is 0 Å². The maximum absolute atomic E-state index is 12.2. The van der Waals surface area contributed by atoms with Crippen LogP contribution in [0.5, 0.6) is 0 Å². The number of carbonyl (C=O) groups is 1. The largest absolute Gasteiger partial charge is 0.373 e. The molecule has 0 fully saturated rings. The SMILES string of the molecule is CCc1cc(C(=O)NCCc2ccc(Cl)s2)cc(NC)n1. The van der Waals surface area contributed by atoms with E-state index in [9.17, 15) is 4.79 Å². The molecule has 112 valence electrons. The van der Waals surface area contributed by atoms with E-state index in [4.69, 9.17) is 11.6 Å². The first kappa shape index (κ1) is 15.8. The third-order valence-corrected chi connectivity index (χ3v) is 4.34. The molecule has 0 spiro atoms. The predicted octanol–water partition coefficient (Wildman–Crippen LogP) is 3.37. The van der Waals surface area contributed by atoms with Gasteiger partial charge in [-0.3, -0.25) is 4.79 Å². The van der Waals surface area contributed by atoms with Gasteiger partial charge in [0, 0.05) is 29.7 Å². The Hall–Kier alpha value is -1.59. The van der Waals surface area contributed by atoms with Crippen molar-refractivity contribution in [2.24, 2.45) is 0 Å². The van der Waals surface area contributed by atoms with E-state index in [0.717, 1.165) is 22.9 Å². The molecule has 0 unspecified atom stereocenters. The zero-order chi connectivity index (χ0) is 15.2. The van der Waals surface area contributed by atoms with Crippen LogP contribution < -0.4 is 10.6 Å². The minimum Gasteiger partial charge on any atom is -0.373 e. The second kappa shape index (κ2) is 7.43. The van der Waals surface area contributed by atoms with Crippen molar-refractivity contribution in [3.8, 4) is 0 Å². The Morgan fingerprint density at radius 1 is 1.38 bits per heavy atom. The van der Waals surface area contributed by atoms with E-state index in [-0.39, 0.29) is 5.91 Å². The van der Waals surface area contributed by atoms with Gasteiger partial charge in [0.05, 0.1) is 4.34 Å². The van der Waals surface area contributed by atoms with Gasteiger partial charge in [-0.25, -0.2) is 4.98 Å². The van der Waals surface area contributed by atoms with Crippen LogP contribution in [0, 0.1) is 0 Å². The Balaban J connectivity index is 1.96. The maximum atomic E-state index is 12.2. The Bertz CT molecular complexity index is 605. The van der Waals surface area contributed by atoms with Gasteiger partial charge in [-0.2, -0.15) is 0 Å². The second-order valence-electron chi connectivity index (χ2n) is 4.55. The molecule has 6 heteroatoms. The quantitative estimate of drug-likeness (QED) is 0.857. The third-order valence-electron chi connectivity index (χ3n) is 3.04. The van der Waals surface area contributed by atoms with E-state index in [2.05, 4.69) is 15.6 Å². The van der Waals surface area contributed by atoms with E-state index in [1.807, 2.05) is 25.1 Å². The summed E-state index contributed by atoms with van der Waals surface area (Å²) in [7, 11) is 1.80. The van der Waals surface area contributed by atoms with Crippen LogP contribution in [-0.4, -0.2) is 24.5 Å². The molecular weight excluding hydrogens is 306 g/mol. The van der Waals surface area contributed by atoms with E-state index in [1.165, 1.54) is 4.88 Å². The zero-order valence-corrected chi connectivity index (χ0v) is 13.6. The van der Waals surface area contributed by atoms with Crippen molar-refractivity contribution in [1.82, 2.24) is 10.3 Å². The summed E-state index contributed by atoms with van der Waals surface area (Å²) in [5.41, 5.74) is 1.53. The molecule has 0 saturated carbocycles. The average Bonchev–Trinajstić information content (AvgIpc) is 2.92. The van der Waals surface area contributed by atoms with Crippen LogP contribution >= 0.6 is 22.9 Å². The van der Waals surface area contributed by atoms with Gasteiger partial charge in [-0.15, -0.1) is 11.3 Å². The van der Waals surface area contributed by atoms with Crippen LogP contribution in [0.15, 0.2) is 24.3 Å². The summed E-state index contributed by atoms with van der Waals surface area (Å²) in [5.74, 6) is 0.635. The number of thiophene rings is 1. The van der Waals surface area contributed by atoms with E-state index < -0.39 is 0 Å². The maximum Gasteiger partial charge on any atom is 0.251 e. The molecule has 0 aromatic carbocycles. The highest BCUT2D eigenvalue weighted by Crippen LogP contribution is 2.21. The summed E-state index contributed by atoms with van der Waals surface area (Å²) < 4.78 is 0.775. The monoisotopic (exact) mass is 323 g/mol. The molecule has 2 aromatic heterocycles. The first-order valence-corrected chi connectivity index (χ1v) is 8.03. The molecule has 0 saturated heterocycles. The van der Waals surface area contributed by atoms with Gasteiger partial charge in [-0.1, -0.05) is 18.5 Å². The van der Waals surface area contributed by atoms with Crippen LogP contribution in [0.3, 0.4) is 0 Å². The third kappa shape index (κ3) is 4.44. The number of aromatic nitrogens is 1. The molecular formula is C15H18ClN3OS.